The van der Waals surface area contributed by atoms with Crippen LogP contribution in [0.2, 0.25) is 0 Å². The highest BCUT2D eigenvalue weighted by Gasteiger charge is 2.70. The minimum atomic E-state index is 0.511. The van der Waals surface area contributed by atoms with Crippen LogP contribution in [0.5, 0.6) is 0 Å². The van der Waals surface area contributed by atoms with E-state index in [1.807, 2.05) is 0 Å². The molecule has 0 spiro atoms. The van der Waals surface area contributed by atoms with Crippen molar-refractivity contribution < 1.29 is 9.47 Å². The minimum Gasteiger partial charge on any atom is -0.381 e. The summed E-state index contributed by atoms with van der Waals surface area (Å²) >= 11 is 0. The van der Waals surface area contributed by atoms with Gasteiger partial charge >= 0.3 is 0 Å². The summed E-state index contributed by atoms with van der Waals surface area (Å²) in [5.74, 6) is 10.7. The second kappa shape index (κ2) is 11.8. The zero-order valence-electron chi connectivity index (χ0n) is 27.9. The monoisotopic (exact) mass is 592 g/mol. The van der Waals surface area contributed by atoms with Gasteiger partial charge in [0.1, 0.15) is 0 Å². The molecule has 43 heavy (non-hydrogen) atoms. The van der Waals surface area contributed by atoms with Gasteiger partial charge in [-0.05, 0) is 135 Å². The van der Waals surface area contributed by atoms with Crippen LogP contribution in [-0.4, -0.2) is 49.5 Å². The third kappa shape index (κ3) is 4.41. The third-order valence-electron chi connectivity index (χ3n) is 16.9. The van der Waals surface area contributed by atoms with E-state index in [1.54, 1.807) is 0 Å². The molecule has 9 fully saturated rings. The Balaban J connectivity index is 1.07. The molecule has 0 amide bonds. The molecule has 9 rings (SSSR count). The van der Waals surface area contributed by atoms with E-state index in [9.17, 15) is 0 Å². The van der Waals surface area contributed by atoms with E-state index in [0.29, 0.717) is 12.2 Å². The van der Waals surface area contributed by atoms with Gasteiger partial charge in [0.2, 0.25) is 0 Å². The van der Waals surface area contributed by atoms with E-state index in [2.05, 4.69) is 19.1 Å². The second-order valence-corrected chi connectivity index (χ2v) is 17.9. The molecular formula is C40H65NO2. The lowest BCUT2D eigenvalue weighted by molar-refractivity contribution is -0.157. The number of rotatable bonds is 5. The Morgan fingerprint density at radius 2 is 0.814 bits per heavy atom. The van der Waals surface area contributed by atoms with Crippen LogP contribution in [-0.2, 0) is 9.47 Å². The summed E-state index contributed by atoms with van der Waals surface area (Å²) in [6.07, 6.45) is 32.4. The van der Waals surface area contributed by atoms with Crippen molar-refractivity contribution in [1.82, 2.24) is 4.90 Å². The van der Waals surface area contributed by atoms with Crippen LogP contribution < -0.4 is 0 Å². The van der Waals surface area contributed by atoms with Crippen LogP contribution >= 0.6 is 0 Å². The first-order valence-electron chi connectivity index (χ1n) is 20.1. The van der Waals surface area contributed by atoms with Crippen LogP contribution in [0.4, 0.5) is 0 Å². The average molecular weight is 592 g/mol. The summed E-state index contributed by atoms with van der Waals surface area (Å²) in [5.41, 5.74) is 0. The summed E-state index contributed by atoms with van der Waals surface area (Å²) in [4.78, 5) is 3.30. The maximum atomic E-state index is 6.91. The van der Waals surface area contributed by atoms with Crippen LogP contribution in [0.25, 0.3) is 0 Å². The molecule has 0 N–H and O–H groups in total. The molecule has 9 aliphatic carbocycles. The lowest BCUT2D eigenvalue weighted by Crippen LogP contribution is -2.58. The quantitative estimate of drug-likeness (QED) is 0.318. The van der Waals surface area contributed by atoms with Crippen molar-refractivity contribution in [1.29, 1.82) is 0 Å². The molecule has 9 saturated carbocycles. The second-order valence-electron chi connectivity index (χ2n) is 17.9. The SMILES string of the molecule is COC1C2C3CCCC4CCCC(C43)C2C(OC)C2C3CCC(N(C4CCCCC4)C4CCCCC4)C4CCCC(C34)C12. The number of nitrogens with zero attached hydrogens (tertiary/aromatic N) is 1. The topological polar surface area (TPSA) is 21.7 Å². The molecule has 0 bridgehead atoms. The normalized spacial score (nSPS) is 53.2. The van der Waals surface area contributed by atoms with Gasteiger partial charge in [-0.3, -0.25) is 4.90 Å². The van der Waals surface area contributed by atoms with E-state index in [0.717, 1.165) is 89.1 Å². The number of fused-ring (bicyclic) bond motifs is 6. The summed E-state index contributed by atoms with van der Waals surface area (Å²) in [6, 6.07) is 2.66. The molecule has 15 atom stereocenters. The Kier molecular flexibility index (Phi) is 8.00. The number of ether oxygens (including phenoxy) is 2. The van der Waals surface area contributed by atoms with Gasteiger partial charge in [0.05, 0.1) is 12.2 Å². The molecule has 0 radical (unpaired) electrons. The molecule has 3 nitrogen and oxygen atoms in total. The average Bonchev–Trinajstić information content (AvgIpc) is 3.58. The van der Waals surface area contributed by atoms with E-state index in [-0.39, 0.29) is 0 Å². The van der Waals surface area contributed by atoms with Gasteiger partial charge in [-0.15, -0.1) is 0 Å². The van der Waals surface area contributed by atoms with Crippen molar-refractivity contribution in [3.05, 3.63) is 0 Å². The first-order chi connectivity index (χ1) is 21.3. The molecule has 0 aromatic heterocycles. The van der Waals surface area contributed by atoms with E-state index < -0.39 is 0 Å². The molecule has 3 heteroatoms. The predicted octanol–water partition coefficient (Wildman–Crippen LogP) is 9.13. The Morgan fingerprint density at radius 1 is 0.372 bits per heavy atom. The lowest BCUT2D eigenvalue weighted by atomic mass is 9.59. The number of hydrogen-bond donors (Lipinski definition) is 0. The lowest BCUT2D eigenvalue weighted by Gasteiger charge is -2.55. The molecule has 0 aromatic rings. The van der Waals surface area contributed by atoms with Crippen LogP contribution in [0.3, 0.4) is 0 Å². The molecule has 9 aliphatic rings. The van der Waals surface area contributed by atoms with Gasteiger partial charge in [0.25, 0.3) is 0 Å². The highest BCUT2D eigenvalue weighted by molar-refractivity contribution is 5.19. The molecule has 0 saturated heterocycles. The summed E-state index contributed by atoms with van der Waals surface area (Å²) in [6.45, 7) is 0. The first kappa shape index (κ1) is 29.1. The third-order valence-corrected chi connectivity index (χ3v) is 16.9. The first-order valence-corrected chi connectivity index (χ1v) is 20.1. The maximum Gasteiger partial charge on any atom is 0.0640 e. The fraction of sp³-hybridized carbons (Fsp3) is 1.00. The molecule has 242 valence electrons. The molecule has 15 unspecified atom stereocenters. The Morgan fingerprint density at radius 3 is 1.33 bits per heavy atom. The summed E-state index contributed by atoms with van der Waals surface area (Å²) in [5, 5.41) is 0. The number of hydrogen-bond acceptors (Lipinski definition) is 3. The zero-order valence-corrected chi connectivity index (χ0v) is 27.9. The van der Waals surface area contributed by atoms with Crippen molar-refractivity contribution in [2.75, 3.05) is 14.2 Å². The van der Waals surface area contributed by atoms with Crippen LogP contribution in [0.15, 0.2) is 0 Å². The van der Waals surface area contributed by atoms with Gasteiger partial charge in [-0.1, -0.05) is 70.6 Å². The van der Waals surface area contributed by atoms with Gasteiger partial charge in [0.15, 0.2) is 0 Å². The summed E-state index contributed by atoms with van der Waals surface area (Å²) < 4.78 is 13.8. The Bertz CT molecular complexity index is 914. The standard InChI is InChI=1S/C40H65NO2/c1-42-39-35-28-19-9-12-24-13-10-20-29(33(24)28)36(35)40(43-2)38-31-22-23-32(27-18-11-21-30(34(27)31)37(38)39)41(25-14-5-3-6-15-25)26-16-7-4-8-17-26/h24-40H,3-23H2,1-2H3. The van der Waals surface area contributed by atoms with E-state index in [1.165, 1.54) is 135 Å². The van der Waals surface area contributed by atoms with Crippen molar-refractivity contribution in [3.8, 4) is 0 Å². The van der Waals surface area contributed by atoms with Crippen molar-refractivity contribution in [2.24, 2.45) is 71.0 Å². The smallest absolute Gasteiger partial charge is 0.0640 e. The van der Waals surface area contributed by atoms with Gasteiger partial charge in [-0.2, -0.15) is 0 Å². The van der Waals surface area contributed by atoms with Crippen LogP contribution in [0.1, 0.15) is 135 Å². The minimum absolute atomic E-state index is 0.511. The Labute approximate surface area is 264 Å². The van der Waals surface area contributed by atoms with E-state index in [4.69, 9.17) is 9.47 Å². The molecular weight excluding hydrogens is 526 g/mol. The molecule has 0 aromatic carbocycles. The highest BCUT2D eigenvalue weighted by Crippen LogP contribution is 2.71. The molecule has 0 heterocycles. The van der Waals surface area contributed by atoms with Gasteiger partial charge < -0.3 is 9.47 Å². The summed E-state index contributed by atoms with van der Waals surface area (Å²) in [7, 11) is 4.29. The van der Waals surface area contributed by atoms with E-state index >= 15 is 0 Å². The van der Waals surface area contributed by atoms with Crippen LogP contribution in [0, 0.1) is 71.0 Å². The molecule has 0 aliphatic heterocycles. The van der Waals surface area contributed by atoms with Crippen molar-refractivity contribution in [3.63, 3.8) is 0 Å². The predicted molar refractivity (Wildman–Crippen MR) is 174 cm³/mol. The van der Waals surface area contributed by atoms with Crippen molar-refractivity contribution in [2.45, 2.75) is 165 Å². The number of methoxy groups -OCH3 is 2. The fourth-order valence-corrected chi connectivity index (χ4v) is 16.2. The maximum absolute atomic E-state index is 6.91. The van der Waals surface area contributed by atoms with Crippen molar-refractivity contribution >= 4 is 0 Å². The fourth-order valence-electron chi connectivity index (χ4n) is 16.2. The zero-order chi connectivity index (χ0) is 28.7. The van der Waals surface area contributed by atoms with Gasteiger partial charge in [-0.25, -0.2) is 0 Å². The highest BCUT2D eigenvalue weighted by atomic mass is 16.5. The Hall–Kier alpha value is -0.120. The van der Waals surface area contributed by atoms with Gasteiger partial charge in [0, 0.05) is 32.3 Å². The largest absolute Gasteiger partial charge is 0.381 e.